The van der Waals surface area contributed by atoms with Crippen LogP contribution in [0.2, 0.25) is 0 Å². The van der Waals surface area contributed by atoms with Crippen LogP contribution in [0.4, 0.5) is 11.6 Å². The second-order valence-corrected chi connectivity index (χ2v) is 8.70. The molecule has 0 radical (unpaired) electrons. The molecule has 1 atom stereocenters. The van der Waals surface area contributed by atoms with Crippen LogP contribution in [-0.4, -0.2) is 54.8 Å². The molecule has 1 amide bonds. The van der Waals surface area contributed by atoms with Gasteiger partial charge in [0.15, 0.2) is 11.2 Å². The molecule has 2 aromatic heterocycles. The number of benzene rings is 2. The first kappa shape index (κ1) is 28.2. The van der Waals surface area contributed by atoms with Crippen LogP contribution in [-0.2, 0) is 16.1 Å². The Bertz CT molecular complexity index is 1690. The molecule has 0 fully saturated rings. The number of carboxylic acid groups (broad SMARTS) is 1. The lowest BCUT2D eigenvalue weighted by atomic mass is 10.1. The number of carbonyl (C=O) groups excluding carboxylic acids is 2. The lowest BCUT2D eigenvalue weighted by molar-refractivity contribution is -0.140. The van der Waals surface area contributed by atoms with Crippen LogP contribution in [0, 0.1) is 5.41 Å². The van der Waals surface area contributed by atoms with Crippen LogP contribution in [0.25, 0.3) is 11.2 Å². The number of aromatic nitrogens is 4. The van der Waals surface area contributed by atoms with Crippen molar-refractivity contribution in [2.24, 2.45) is 5.73 Å². The number of H-pyrrole nitrogens is 1. The molecule has 41 heavy (non-hydrogen) atoms. The number of aromatic amines is 1. The predicted molar refractivity (Wildman–Crippen MR) is 147 cm³/mol. The first-order chi connectivity index (χ1) is 19.6. The molecule has 4 rings (SSSR count). The van der Waals surface area contributed by atoms with Crippen LogP contribution < -0.4 is 32.4 Å². The van der Waals surface area contributed by atoms with Crippen molar-refractivity contribution >= 4 is 46.5 Å². The summed E-state index contributed by atoms with van der Waals surface area (Å²) in [7, 11) is 0. The number of aliphatic carboxylic acids is 1. The zero-order chi connectivity index (χ0) is 29.5. The number of nitrogens with two attached hydrogens (primary N) is 2. The molecule has 15 nitrogen and oxygen atoms in total. The van der Waals surface area contributed by atoms with Gasteiger partial charge in [0, 0.05) is 17.7 Å². The molecule has 9 N–H and O–H groups in total. The molecule has 15 heteroatoms. The number of hydrogen-bond donors (Lipinski definition) is 7. The number of esters is 1. The SMILES string of the molecule is N=C(N)c1ccccc1OC(=O)CC[C@H](NC(=O)c1ccc(NCc2cnc3nc(N)[nH]c(=O)c3n2)cc1)C(=O)O. The van der Waals surface area contributed by atoms with Gasteiger partial charge in [0.2, 0.25) is 5.95 Å². The molecule has 2 aromatic carbocycles. The van der Waals surface area contributed by atoms with Crippen molar-refractivity contribution in [3.05, 3.63) is 81.9 Å². The minimum Gasteiger partial charge on any atom is -0.480 e. The van der Waals surface area contributed by atoms with Crippen LogP contribution in [0.1, 0.15) is 34.5 Å². The minimum atomic E-state index is -1.35. The van der Waals surface area contributed by atoms with E-state index in [0.29, 0.717) is 11.4 Å². The number of nitrogens with one attached hydrogen (secondary N) is 4. The van der Waals surface area contributed by atoms with Crippen LogP contribution in [0.15, 0.2) is 59.5 Å². The van der Waals surface area contributed by atoms with Gasteiger partial charge < -0.3 is 31.9 Å². The van der Waals surface area contributed by atoms with Gasteiger partial charge in [0.25, 0.3) is 11.5 Å². The minimum absolute atomic E-state index is 0.0487. The van der Waals surface area contributed by atoms with E-state index in [0.717, 1.165) is 0 Å². The summed E-state index contributed by atoms with van der Waals surface area (Å²) in [6.07, 6.45) is 0.922. The highest BCUT2D eigenvalue weighted by Gasteiger charge is 2.23. The second kappa shape index (κ2) is 12.3. The van der Waals surface area contributed by atoms with Crippen molar-refractivity contribution in [2.45, 2.75) is 25.4 Å². The van der Waals surface area contributed by atoms with Crippen molar-refractivity contribution < 1.29 is 24.2 Å². The van der Waals surface area contributed by atoms with Gasteiger partial charge in [-0.05, 0) is 42.8 Å². The Balaban J connectivity index is 1.31. The number of para-hydroxylation sites is 1. The Morgan fingerprint density at radius 3 is 2.54 bits per heavy atom. The largest absolute Gasteiger partial charge is 0.480 e. The van der Waals surface area contributed by atoms with E-state index in [1.807, 2.05) is 0 Å². The van der Waals surface area contributed by atoms with Crippen molar-refractivity contribution in [2.75, 3.05) is 11.1 Å². The third-order valence-corrected chi connectivity index (χ3v) is 5.75. The van der Waals surface area contributed by atoms with Gasteiger partial charge in [-0.1, -0.05) is 12.1 Å². The molecular weight excluding hydrogens is 534 g/mol. The molecule has 0 aliphatic rings. The van der Waals surface area contributed by atoms with Gasteiger partial charge >= 0.3 is 11.9 Å². The fourth-order valence-corrected chi connectivity index (χ4v) is 3.70. The summed E-state index contributed by atoms with van der Waals surface area (Å²) >= 11 is 0. The average molecular weight is 560 g/mol. The first-order valence-electron chi connectivity index (χ1n) is 12.1. The van der Waals surface area contributed by atoms with Gasteiger partial charge in [0.1, 0.15) is 17.6 Å². The number of fused-ring (bicyclic) bond motifs is 1. The van der Waals surface area contributed by atoms with Crippen molar-refractivity contribution in [3.63, 3.8) is 0 Å². The molecule has 0 saturated heterocycles. The fraction of sp³-hybridized carbons (Fsp3) is 0.154. The molecule has 0 aliphatic heterocycles. The first-order valence-corrected chi connectivity index (χ1v) is 12.1. The van der Waals surface area contributed by atoms with Gasteiger partial charge in [-0.25, -0.2) is 14.8 Å². The third kappa shape index (κ3) is 7.17. The zero-order valence-corrected chi connectivity index (χ0v) is 21.4. The quantitative estimate of drug-likeness (QED) is 0.0582. The van der Waals surface area contributed by atoms with Crippen molar-refractivity contribution in [1.29, 1.82) is 5.41 Å². The van der Waals surface area contributed by atoms with E-state index in [1.54, 1.807) is 24.3 Å². The molecule has 0 unspecified atom stereocenters. The normalized spacial score (nSPS) is 11.4. The number of anilines is 2. The zero-order valence-electron chi connectivity index (χ0n) is 21.4. The summed E-state index contributed by atoms with van der Waals surface area (Å²) in [5.74, 6) is -2.97. The molecule has 2 heterocycles. The lowest BCUT2D eigenvalue weighted by Crippen LogP contribution is -2.41. The standard InChI is InChI=1S/C26H25N9O6/c27-21(28)16-3-1-2-4-18(16)41-19(36)10-9-17(25(39)40)33-23(37)13-5-7-14(8-6-13)30-11-15-12-31-22-20(32-15)24(38)35-26(29)34-22/h1-8,12,17,30H,9-11H2,(H3,27,28)(H,33,37)(H,39,40)(H3,29,31,34,35,38)/t17-/m0/s1. The monoisotopic (exact) mass is 559 g/mol. The Kier molecular flexibility index (Phi) is 8.47. The molecule has 4 aromatic rings. The number of hydrogen-bond acceptors (Lipinski definition) is 11. The maximum atomic E-state index is 12.7. The molecule has 0 saturated carbocycles. The van der Waals surface area contributed by atoms with Crippen molar-refractivity contribution in [1.82, 2.24) is 25.3 Å². The van der Waals surface area contributed by atoms with E-state index < -0.39 is 29.4 Å². The Hall–Kier alpha value is -5.86. The Morgan fingerprint density at radius 2 is 1.83 bits per heavy atom. The van der Waals surface area contributed by atoms with E-state index in [2.05, 4.69) is 30.6 Å². The van der Waals surface area contributed by atoms with Crippen molar-refractivity contribution in [3.8, 4) is 5.75 Å². The van der Waals surface area contributed by atoms with E-state index in [-0.39, 0.29) is 59.2 Å². The highest BCUT2D eigenvalue weighted by Crippen LogP contribution is 2.18. The van der Waals surface area contributed by atoms with E-state index in [1.165, 1.54) is 30.5 Å². The number of carboxylic acids is 1. The second-order valence-electron chi connectivity index (χ2n) is 8.70. The number of amidine groups is 1. The average Bonchev–Trinajstić information content (AvgIpc) is 2.94. The molecule has 0 aliphatic carbocycles. The predicted octanol–water partition coefficient (Wildman–Crippen LogP) is 0.760. The molecule has 0 spiro atoms. The van der Waals surface area contributed by atoms with Gasteiger partial charge in [0.05, 0.1) is 24.0 Å². The summed E-state index contributed by atoms with van der Waals surface area (Å²) < 4.78 is 5.22. The summed E-state index contributed by atoms with van der Waals surface area (Å²) in [5.41, 5.74) is 12.2. The molecular formula is C26H25N9O6. The van der Waals surface area contributed by atoms with Gasteiger partial charge in [-0.2, -0.15) is 4.98 Å². The number of amides is 1. The van der Waals surface area contributed by atoms with E-state index >= 15 is 0 Å². The number of carbonyl (C=O) groups is 3. The number of rotatable bonds is 11. The highest BCUT2D eigenvalue weighted by molar-refractivity contribution is 5.98. The van der Waals surface area contributed by atoms with Crippen LogP contribution >= 0.6 is 0 Å². The number of ether oxygens (including phenoxy) is 1. The Labute approximate surface area is 231 Å². The van der Waals surface area contributed by atoms with Crippen LogP contribution in [0.3, 0.4) is 0 Å². The summed E-state index contributed by atoms with van der Waals surface area (Å²) in [4.78, 5) is 63.3. The number of nitrogens with zero attached hydrogens (tertiary/aromatic N) is 3. The third-order valence-electron chi connectivity index (χ3n) is 5.75. The number of nitrogen functional groups attached to an aromatic ring is 2. The topological polar surface area (TPSA) is 252 Å². The highest BCUT2D eigenvalue weighted by atomic mass is 16.5. The fourth-order valence-electron chi connectivity index (χ4n) is 3.70. The summed E-state index contributed by atoms with van der Waals surface area (Å²) in [6, 6.07) is 11.1. The summed E-state index contributed by atoms with van der Waals surface area (Å²) in [5, 5.41) is 22.6. The van der Waals surface area contributed by atoms with Gasteiger partial charge in [-0.3, -0.25) is 24.8 Å². The maximum Gasteiger partial charge on any atom is 0.326 e. The molecule has 0 bridgehead atoms. The maximum absolute atomic E-state index is 12.7. The van der Waals surface area contributed by atoms with E-state index in [4.69, 9.17) is 21.6 Å². The van der Waals surface area contributed by atoms with Crippen LogP contribution in [0.5, 0.6) is 5.75 Å². The molecule has 210 valence electrons. The Morgan fingerprint density at radius 1 is 1.10 bits per heavy atom. The summed E-state index contributed by atoms with van der Waals surface area (Å²) in [6.45, 7) is 0.215. The van der Waals surface area contributed by atoms with E-state index in [9.17, 15) is 24.3 Å². The van der Waals surface area contributed by atoms with Gasteiger partial charge in [-0.15, -0.1) is 0 Å². The lowest BCUT2D eigenvalue weighted by Gasteiger charge is -2.15. The smallest absolute Gasteiger partial charge is 0.326 e.